The van der Waals surface area contributed by atoms with Crippen LogP contribution in [0.25, 0.3) is 0 Å². The number of carboxylic acid groups (broad SMARTS) is 1. The van der Waals surface area contributed by atoms with E-state index in [1.165, 1.54) is 4.31 Å². The number of hydrogen-bond acceptors (Lipinski definition) is 3. The first kappa shape index (κ1) is 16.0. The molecule has 2 rings (SSSR count). The Labute approximate surface area is 125 Å². The van der Waals surface area contributed by atoms with E-state index in [1.54, 1.807) is 19.1 Å². The molecular formula is C15H21NO4S. The lowest BCUT2D eigenvalue weighted by Gasteiger charge is -2.26. The predicted octanol–water partition coefficient (Wildman–Crippen LogP) is 2.32. The molecule has 1 aliphatic rings. The van der Waals surface area contributed by atoms with Gasteiger partial charge in [0.1, 0.15) is 6.04 Å². The highest BCUT2D eigenvalue weighted by Gasteiger charge is 2.37. The first-order chi connectivity index (χ1) is 9.84. The van der Waals surface area contributed by atoms with Gasteiger partial charge in [-0.1, -0.05) is 25.0 Å². The van der Waals surface area contributed by atoms with Gasteiger partial charge in [-0.3, -0.25) is 4.79 Å². The topological polar surface area (TPSA) is 74.7 Å². The molecule has 1 saturated heterocycles. The highest BCUT2D eigenvalue weighted by Crippen LogP contribution is 2.27. The predicted molar refractivity (Wildman–Crippen MR) is 79.7 cm³/mol. The van der Waals surface area contributed by atoms with Crippen molar-refractivity contribution in [1.82, 2.24) is 4.31 Å². The van der Waals surface area contributed by atoms with Crippen molar-refractivity contribution in [2.24, 2.45) is 0 Å². The van der Waals surface area contributed by atoms with Gasteiger partial charge < -0.3 is 5.11 Å². The Balaban J connectivity index is 2.49. The maximum absolute atomic E-state index is 12.9. The first-order valence-electron chi connectivity index (χ1n) is 7.16. The minimum absolute atomic E-state index is 0.218. The van der Waals surface area contributed by atoms with E-state index in [2.05, 4.69) is 0 Å². The third-order valence-corrected chi connectivity index (χ3v) is 5.97. The van der Waals surface area contributed by atoms with E-state index in [-0.39, 0.29) is 11.4 Å². The summed E-state index contributed by atoms with van der Waals surface area (Å²) in [6, 6.07) is 4.27. The van der Waals surface area contributed by atoms with Gasteiger partial charge >= 0.3 is 5.97 Å². The molecule has 5 nitrogen and oxygen atoms in total. The van der Waals surface area contributed by atoms with Crippen molar-refractivity contribution in [3.05, 3.63) is 29.3 Å². The summed E-state index contributed by atoms with van der Waals surface area (Å²) >= 11 is 0. The zero-order valence-electron chi connectivity index (χ0n) is 12.4. The molecule has 0 spiro atoms. The Morgan fingerprint density at radius 2 is 1.95 bits per heavy atom. The second-order valence-electron chi connectivity index (χ2n) is 5.59. The maximum atomic E-state index is 12.9. The van der Waals surface area contributed by atoms with E-state index in [1.807, 2.05) is 13.0 Å². The number of hydrogen-bond donors (Lipinski definition) is 1. The van der Waals surface area contributed by atoms with Gasteiger partial charge in [0.25, 0.3) is 0 Å². The second-order valence-corrected chi connectivity index (χ2v) is 7.45. The molecule has 116 valence electrons. The zero-order chi connectivity index (χ0) is 15.6. The van der Waals surface area contributed by atoms with Crippen LogP contribution in [0.2, 0.25) is 0 Å². The zero-order valence-corrected chi connectivity index (χ0v) is 13.2. The normalized spacial score (nSPS) is 21.0. The van der Waals surface area contributed by atoms with Crippen LogP contribution in [0, 0.1) is 13.8 Å². The molecule has 0 aliphatic carbocycles. The molecule has 0 radical (unpaired) electrons. The molecule has 0 bridgehead atoms. The molecule has 6 heteroatoms. The average Bonchev–Trinajstić information content (AvgIpc) is 2.67. The Morgan fingerprint density at radius 1 is 1.24 bits per heavy atom. The number of sulfonamides is 1. The van der Waals surface area contributed by atoms with Gasteiger partial charge in [-0.25, -0.2) is 8.42 Å². The van der Waals surface area contributed by atoms with Crippen LogP contribution in [0.15, 0.2) is 23.1 Å². The summed E-state index contributed by atoms with van der Waals surface area (Å²) in [7, 11) is -3.78. The van der Waals surface area contributed by atoms with Gasteiger partial charge in [0.05, 0.1) is 4.90 Å². The lowest BCUT2D eigenvalue weighted by molar-refractivity contribution is -0.141. The number of aryl methyl sites for hydroxylation is 2. The van der Waals surface area contributed by atoms with Crippen molar-refractivity contribution in [2.45, 2.75) is 50.5 Å². The van der Waals surface area contributed by atoms with Crippen LogP contribution in [0.1, 0.15) is 36.8 Å². The van der Waals surface area contributed by atoms with Gasteiger partial charge in [-0.2, -0.15) is 4.31 Å². The van der Waals surface area contributed by atoms with Gasteiger partial charge in [0, 0.05) is 6.54 Å². The molecule has 1 aliphatic heterocycles. The van der Waals surface area contributed by atoms with Gasteiger partial charge in [-0.15, -0.1) is 0 Å². The summed E-state index contributed by atoms with van der Waals surface area (Å²) in [4.78, 5) is 11.7. The second kappa shape index (κ2) is 6.15. The summed E-state index contributed by atoms with van der Waals surface area (Å²) in [6.07, 6.45) is 2.69. The Morgan fingerprint density at radius 3 is 2.62 bits per heavy atom. The molecule has 1 fully saturated rings. The summed E-state index contributed by atoms with van der Waals surface area (Å²) < 4.78 is 27.0. The Kier molecular flexibility index (Phi) is 4.68. The van der Waals surface area contributed by atoms with Gasteiger partial charge in [0.2, 0.25) is 10.0 Å². The van der Waals surface area contributed by atoms with Crippen molar-refractivity contribution < 1.29 is 18.3 Å². The smallest absolute Gasteiger partial charge is 0.322 e. The van der Waals surface area contributed by atoms with E-state index >= 15 is 0 Å². The first-order valence-corrected chi connectivity index (χ1v) is 8.60. The molecular weight excluding hydrogens is 290 g/mol. The lowest BCUT2D eigenvalue weighted by Crippen LogP contribution is -2.44. The van der Waals surface area contributed by atoms with Crippen molar-refractivity contribution in [3.63, 3.8) is 0 Å². The third kappa shape index (κ3) is 3.27. The lowest BCUT2D eigenvalue weighted by atomic mass is 10.1. The number of carbonyl (C=O) groups is 1. The largest absolute Gasteiger partial charge is 0.480 e. The molecule has 1 N–H and O–H groups in total. The van der Waals surface area contributed by atoms with Crippen molar-refractivity contribution >= 4 is 16.0 Å². The van der Waals surface area contributed by atoms with Crippen molar-refractivity contribution in [2.75, 3.05) is 6.54 Å². The van der Waals surface area contributed by atoms with Crippen LogP contribution in [-0.4, -0.2) is 36.4 Å². The summed E-state index contributed by atoms with van der Waals surface area (Å²) in [5.41, 5.74) is 1.50. The SMILES string of the molecule is Cc1ccc(C)c(S(=O)(=O)N2CCCCCC2C(=O)O)c1. The molecule has 1 aromatic rings. The molecule has 1 unspecified atom stereocenters. The number of rotatable bonds is 3. The van der Waals surface area contributed by atoms with E-state index in [9.17, 15) is 18.3 Å². The van der Waals surface area contributed by atoms with Crippen LogP contribution >= 0.6 is 0 Å². The quantitative estimate of drug-likeness (QED) is 0.929. The number of carboxylic acids is 1. The van der Waals surface area contributed by atoms with E-state index in [0.717, 1.165) is 18.4 Å². The van der Waals surface area contributed by atoms with Crippen molar-refractivity contribution in [3.8, 4) is 0 Å². The molecule has 21 heavy (non-hydrogen) atoms. The van der Waals surface area contributed by atoms with E-state index in [4.69, 9.17) is 0 Å². The fraction of sp³-hybridized carbons (Fsp3) is 0.533. The fourth-order valence-corrected chi connectivity index (χ4v) is 4.69. The average molecular weight is 311 g/mol. The van der Waals surface area contributed by atoms with Crippen LogP contribution in [0.5, 0.6) is 0 Å². The summed E-state index contributed by atoms with van der Waals surface area (Å²) in [6.45, 7) is 3.84. The minimum atomic E-state index is -3.78. The van der Waals surface area contributed by atoms with Gasteiger partial charge in [0.15, 0.2) is 0 Å². The molecule has 0 amide bonds. The Hall–Kier alpha value is -1.40. The highest BCUT2D eigenvalue weighted by atomic mass is 32.2. The fourth-order valence-electron chi connectivity index (χ4n) is 2.73. The molecule has 1 aromatic carbocycles. The molecule has 1 atom stereocenters. The molecule has 0 saturated carbocycles. The summed E-state index contributed by atoms with van der Waals surface area (Å²) in [5.74, 6) is -1.06. The monoisotopic (exact) mass is 311 g/mol. The number of benzene rings is 1. The minimum Gasteiger partial charge on any atom is -0.480 e. The molecule has 0 aromatic heterocycles. The van der Waals surface area contributed by atoms with Crippen molar-refractivity contribution in [1.29, 1.82) is 0 Å². The number of nitrogens with zero attached hydrogens (tertiary/aromatic N) is 1. The standard InChI is InChI=1S/C15H21NO4S/c1-11-7-8-12(2)14(10-11)21(19,20)16-9-5-3-4-6-13(16)15(17)18/h7-8,10,13H,3-6,9H2,1-2H3,(H,17,18). The third-order valence-electron chi connectivity index (χ3n) is 3.92. The maximum Gasteiger partial charge on any atom is 0.322 e. The van der Waals surface area contributed by atoms with Crippen LogP contribution < -0.4 is 0 Å². The van der Waals surface area contributed by atoms with E-state index in [0.29, 0.717) is 18.4 Å². The van der Waals surface area contributed by atoms with Crippen LogP contribution in [0.4, 0.5) is 0 Å². The van der Waals surface area contributed by atoms with Gasteiger partial charge in [-0.05, 0) is 43.9 Å². The van der Waals surface area contributed by atoms with Crippen LogP contribution in [0.3, 0.4) is 0 Å². The molecule has 1 heterocycles. The highest BCUT2D eigenvalue weighted by molar-refractivity contribution is 7.89. The van der Waals surface area contributed by atoms with E-state index < -0.39 is 22.0 Å². The van der Waals surface area contributed by atoms with Crippen LogP contribution in [-0.2, 0) is 14.8 Å². The number of aliphatic carboxylic acids is 1. The Bertz CT molecular complexity index is 639. The summed E-state index contributed by atoms with van der Waals surface area (Å²) in [5, 5.41) is 9.36.